The van der Waals surface area contributed by atoms with Crippen LogP contribution in [0.15, 0.2) is 52.4 Å². The molecule has 0 radical (unpaired) electrons. The fourth-order valence-corrected chi connectivity index (χ4v) is 4.20. The van der Waals surface area contributed by atoms with E-state index in [4.69, 9.17) is 11.6 Å². The summed E-state index contributed by atoms with van der Waals surface area (Å²) in [5, 5.41) is 5.66. The van der Waals surface area contributed by atoms with Gasteiger partial charge in [0.2, 0.25) is 5.91 Å². The second kappa shape index (κ2) is 8.72. The molecule has 7 nitrogen and oxygen atoms in total. The van der Waals surface area contributed by atoms with Crippen molar-refractivity contribution in [3.63, 3.8) is 0 Å². The van der Waals surface area contributed by atoms with Crippen LogP contribution in [-0.2, 0) is 4.79 Å². The molecule has 4 rings (SSSR count). The molecule has 0 bridgehead atoms. The molecule has 2 N–H and O–H groups in total. The van der Waals surface area contributed by atoms with Crippen molar-refractivity contribution in [3.8, 4) is 5.69 Å². The van der Waals surface area contributed by atoms with Crippen molar-refractivity contribution < 1.29 is 9.59 Å². The Bertz CT molecular complexity index is 1240. The second-order valence-electron chi connectivity index (χ2n) is 7.48. The maximum atomic E-state index is 13.4. The van der Waals surface area contributed by atoms with Gasteiger partial charge in [0.05, 0.1) is 21.8 Å². The molecular weight excluding hydrogens is 436 g/mol. The molecule has 1 atom stereocenters. The van der Waals surface area contributed by atoms with Crippen LogP contribution in [0.5, 0.6) is 0 Å². The molecule has 1 aromatic heterocycles. The van der Waals surface area contributed by atoms with Gasteiger partial charge >= 0.3 is 6.03 Å². The number of carbonyl (C=O) groups excluding carboxylic acids is 2. The number of thioether (sulfide) groups is 1. The van der Waals surface area contributed by atoms with Crippen LogP contribution in [0.25, 0.3) is 16.6 Å². The number of imide groups is 1. The molecule has 3 aromatic rings. The lowest BCUT2D eigenvalue weighted by Crippen LogP contribution is -2.43. The highest BCUT2D eigenvalue weighted by atomic mass is 35.5. The first-order valence-electron chi connectivity index (χ1n) is 9.90. The Morgan fingerprint density at radius 3 is 2.68 bits per heavy atom. The molecule has 0 spiro atoms. The largest absolute Gasteiger partial charge is 0.335 e. The van der Waals surface area contributed by atoms with Gasteiger partial charge in [0.15, 0.2) is 5.16 Å². The van der Waals surface area contributed by atoms with Crippen LogP contribution >= 0.6 is 23.4 Å². The van der Waals surface area contributed by atoms with Crippen molar-refractivity contribution in [2.75, 3.05) is 0 Å². The number of aromatic nitrogens is 2. The van der Waals surface area contributed by atoms with Crippen LogP contribution in [0.2, 0.25) is 5.02 Å². The van der Waals surface area contributed by atoms with Gasteiger partial charge in [-0.25, -0.2) is 9.78 Å². The third-order valence-electron chi connectivity index (χ3n) is 4.96. The number of carbonyl (C=O) groups is 2. The van der Waals surface area contributed by atoms with Crippen molar-refractivity contribution in [1.82, 2.24) is 20.2 Å². The highest BCUT2D eigenvalue weighted by Gasteiger charge is 2.26. The first-order chi connectivity index (χ1) is 14.8. The molecule has 1 saturated carbocycles. The Labute approximate surface area is 188 Å². The van der Waals surface area contributed by atoms with Crippen molar-refractivity contribution in [3.05, 3.63) is 63.4 Å². The summed E-state index contributed by atoms with van der Waals surface area (Å²) in [6.07, 6.45) is 1.86. The zero-order valence-corrected chi connectivity index (χ0v) is 18.6. The molecule has 9 heteroatoms. The minimum atomic E-state index is -0.663. The van der Waals surface area contributed by atoms with Crippen molar-refractivity contribution in [2.45, 2.75) is 43.1 Å². The predicted octanol–water partition coefficient (Wildman–Crippen LogP) is 3.82. The number of halogens is 1. The quantitative estimate of drug-likeness (QED) is 0.449. The molecule has 1 fully saturated rings. The minimum Gasteiger partial charge on any atom is -0.335 e. The summed E-state index contributed by atoms with van der Waals surface area (Å²) in [4.78, 5) is 42.5. The van der Waals surface area contributed by atoms with E-state index in [0.717, 1.165) is 30.2 Å². The van der Waals surface area contributed by atoms with Crippen LogP contribution < -0.4 is 16.2 Å². The van der Waals surface area contributed by atoms with Gasteiger partial charge in [-0.3, -0.25) is 19.5 Å². The lowest BCUT2D eigenvalue weighted by Gasteiger charge is -2.17. The molecule has 1 unspecified atom stereocenters. The number of fused-ring (bicyclic) bond motifs is 1. The van der Waals surface area contributed by atoms with Gasteiger partial charge in [-0.2, -0.15) is 0 Å². The topological polar surface area (TPSA) is 93.1 Å². The molecular formula is C22H21ClN4O3S. The average molecular weight is 457 g/mol. The summed E-state index contributed by atoms with van der Waals surface area (Å²) in [7, 11) is 0. The van der Waals surface area contributed by atoms with Crippen LogP contribution in [0.1, 0.15) is 25.3 Å². The zero-order chi connectivity index (χ0) is 22.1. The van der Waals surface area contributed by atoms with Crippen LogP contribution in [0.3, 0.4) is 0 Å². The molecule has 1 aliphatic rings. The number of nitrogens with zero attached hydrogens (tertiary/aromatic N) is 2. The molecule has 3 amide bonds. The van der Waals surface area contributed by atoms with E-state index in [9.17, 15) is 14.4 Å². The van der Waals surface area contributed by atoms with Crippen molar-refractivity contribution in [2.24, 2.45) is 0 Å². The maximum Gasteiger partial charge on any atom is 0.321 e. The zero-order valence-electron chi connectivity index (χ0n) is 17.0. The summed E-state index contributed by atoms with van der Waals surface area (Å²) in [5.74, 6) is -0.458. The molecule has 0 saturated heterocycles. The normalized spacial score (nSPS) is 14.3. The highest BCUT2D eigenvalue weighted by molar-refractivity contribution is 8.00. The summed E-state index contributed by atoms with van der Waals surface area (Å²) in [5.41, 5.74) is 1.77. The second-order valence-corrected chi connectivity index (χ2v) is 9.22. The van der Waals surface area contributed by atoms with E-state index in [2.05, 4.69) is 15.6 Å². The van der Waals surface area contributed by atoms with E-state index >= 15 is 0 Å². The Kier molecular flexibility index (Phi) is 6.02. The molecule has 1 aliphatic carbocycles. The van der Waals surface area contributed by atoms with Gasteiger partial charge in [0.1, 0.15) is 0 Å². The van der Waals surface area contributed by atoms with Crippen molar-refractivity contribution >= 4 is 46.2 Å². The number of para-hydroxylation sites is 1. The number of amides is 3. The Morgan fingerprint density at radius 1 is 1.23 bits per heavy atom. The molecule has 2 aromatic carbocycles. The first kappa shape index (κ1) is 21.4. The standard InChI is InChI=1S/C22H21ClN4O3S/c1-12-5-3-4-6-18(12)27-20(29)16-10-7-14(23)11-17(16)25-22(27)31-13(2)19(28)26-21(30)24-15-8-9-15/h3-7,10-11,13,15H,8-9H2,1-2H3,(H2,24,26,28,30). The third-order valence-corrected chi connectivity index (χ3v) is 6.25. The van der Waals surface area contributed by atoms with Crippen molar-refractivity contribution in [1.29, 1.82) is 0 Å². The molecule has 31 heavy (non-hydrogen) atoms. The lowest BCUT2D eigenvalue weighted by atomic mass is 10.2. The van der Waals surface area contributed by atoms with E-state index in [1.807, 2.05) is 31.2 Å². The van der Waals surface area contributed by atoms with E-state index < -0.39 is 17.2 Å². The van der Waals surface area contributed by atoms with E-state index in [0.29, 0.717) is 26.8 Å². The SMILES string of the molecule is Cc1ccccc1-n1c(SC(C)C(=O)NC(=O)NC2CC2)nc2cc(Cl)ccc2c1=O. The summed E-state index contributed by atoms with van der Waals surface area (Å²) < 4.78 is 1.50. The lowest BCUT2D eigenvalue weighted by molar-refractivity contribution is -0.119. The minimum absolute atomic E-state index is 0.147. The monoisotopic (exact) mass is 456 g/mol. The van der Waals surface area contributed by atoms with Gasteiger partial charge in [0.25, 0.3) is 5.56 Å². The number of aryl methyl sites for hydroxylation is 1. The molecule has 1 heterocycles. The predicted molar refractivity (Wildman–Crippen MR) is 122 cm³/mol. The fourth-order valence-electron chi connectivity index (χ4n) is 3.12. The maximum absolute atomic E-state index is 13.4. The number of rotatable bonds is 5. The Morgan fingerprint density at radius 2 is 1.97 bits per heavy atom. The van der Waals surface area contributed by atoms with Gasteiger partial charge in [-0.15, -0.1) is 0 Å². The van der Waals surface area contributed by atoms with Gasteiger partial charge in [-0.1, -0.05) is 41.6 Å². The smallest absolute Gasteiger partial charge is 0.321 e. The number of urea groups is 1. The number of benzene rings is 2. The van der Waals surface area contributed by atoms with E-state index in [-0.39, 0.29) is 11.6 Å². The van der Waals surface area contributed by atoms with Gasteiger partial charge in [-0.05, 0) is 56.5 Å². The highest BCUT2D eigenvalue weighted by Crippen LogP contribution is 2.27. The van der Waals surface area contributed by atoms with Gasteiger partial charge < -0.3 is 5.32 Å². The summed E-state index contributed by atoms with van der Waals surface area (Å²) in [6.45, 7) is 3.57. The van der Waals surface area contributed by atoms with Crippen LogP contribution in [0, 0.1) is 6.92 Å². The summed E-state index contributed by atoms with van der Waals surface area (Å²) >= 11 is 7.21. The number of hydrogen-bond acceptors (Lipinski definition) is 5. The summed E-state index contributed by atoms with van der Waals surface area (Å²) in [6, 6.07) is 12.0. The number of nitrogens with one attached hydrogen (secondary N) is 2. The Balaban J connectivity index is 1.72. The number of hydrogen-bond donors (Lipinski definition) is 2. The average Bonchev–Trinajstić information content (AvgIpc) is 3.52. The van der Waals surface area contributed by atoms with Gasteiger partial charge in [0, 0.05) is 11.1 Å². The molecule has 160 valence electrons. The van der Waals surface area contributed by atoms with E-state index in [1.54, 1.807) is 25.1 Å². The first-order valence-corrected chi connectivity index (χ1v) is 11.2. The molecule has 0 aliphatic heterocycles. The van der Waals surface area contributed by atoms with Crippen LogP contribution in [0.4, 0.5) is 4.79 Å². The Hall–Kier alpha value is -2.84. The van der Waals surface area contributed by atoms with E-state index in [1.165, 1.54) is 4.57 Å². The van der Waals surface area contributed by atoms with Crippen LogP contribution in [-0.4, -0.2) is 32.8 Å². The third kappa shape index (κ3) is 4.75. The fraction of sp³-hybridized carbons (Fsp3) is 0.273.